The van der Waals surface area contributed by atoms with E-state index in [1.807, 2.05) is 65.5 Å². The van der Waals surface area contributed by atoms with Crippen LogP contribution >= 0.6 is 11.3 Å². The van der Waals surface area contributed by atoms with E-state index in [2.05, 4.69) is 16.3 Å². The maximum absolute atomic E-state index is 9.39. The zero-order chi connectivity index (χ0) is 14.7. The van der Waals surface area contributed by atoms with Crippen LogP contribution in [0.3, 0.4) is 0 Å². The average molecular weight is 292 g/mol. The van der Waals surface area contributed by atoms with Crippen LogP contribution in [0.15, 0.2) is 47.8 Å². The Balaban J connectivity index is 2.04. The fourth-order valence-electron chi connectivity index (χ4n) is 2.06. The maximum atomic E-state index is 9.39. The molecule has 2 heterocycles. The summed E-state index contributed by atoms with van der Waals surface area (Å²) in [5.41, 5.74) is 1.49. The van der Waals surface area contributed by atoms with Crippen LogP contribution in [0.25, 0.3) is 23.0 Å². The SMILES string of the molecule is Cn1c(/C(C#N)=C\c2cccs2)nnc1-c1ccccc1. The molecular formula is C16H12N4S. The molecule has 0 atom stereocenters. The van der Waals surface area contributed by atoms with Gasteiger partial charge in [0.1, 0.15) is 6.07 Å². The molecule has 4 nitrogen and oxygen atoms in total. The molecule has 0 N–H and O–H groups in total. The van der Waals surface area contributed by atoms with E-state index >= 15 is 0 Å². The molecule has 0 saturated heterocycles. The molecule has 0 unspecified atom stereocenters. The Labute approximate surface area is 126 Å². The van der Waals surface area contributed by atoms with Crippen LogP contribution in [0, 0.1) is 11.3 Å². The van der Waals surface area contributed by atoms with Gasteiger partial charge in [-0.3, -0.25) is 0 Å². The summed E-state index contributed by atoms with van der Waals surface area (Å²) in [6, 6.07) is 15.9. The van der Waals surface area contributed by atoms with Gasteiger partial charge in [0.2, 0.25) is 0 Å². The molecule has 102 valence electrons. The Kier molecular flexibility index (Phi) is 3.63. The molecule has 1 aromatic carbocycles. The third kappa shape index (κ3) is 2.62. The second-order valence-corrected chi connectivity index (χ2v) is 5.44. The molecule has 0 amide bonds. The molecule has 0 fully saturated rings. The minimum atomic E-state index is 0.509. The van der Waals surface area contributed by atoms with Crippen molar-refractivity contribution < 1.29 is 0 Å². The van der Waals surface area contributed by atoms with Gasteiger partial charge in [-0.1, -0.05) is 36.4 Å². The van der Waals surface area contributed by atoms with Crippen LogP contribution in [0.1, 0.15) is 10.7 Å². The van der Waals surface area contributed by atoms with Crippen LogP contribution in [0.4, 0.5) is 0 Å². The highest BCUT2D eigenvalue weighted by Crippen LogP contribution is 2.23. The molecule has 0 radical (unpaired) electrons. The van der Waals surface area contributed by atoms with E-state index in [-0.39, 0.29) is 0 Å². The minimum absolute atomic E-state index is 0.509. The quantitative estimate of drug-likeness (QED) is 0.693. The lowest BCUT2D eigenvalue weighted by Gasteiger charge is -2.02. The molecular weight excluding hydrogens is 280 g/mol. The largest absolute Gasteiger partial charge is 0.310 e. The Hall–Kier alpha value is -2.71. The topological polar surface area (TPSA) is 54.5 Å². The van der Waals surface area contributed by atoms with Crippen molar-refractivity contribution in [2.24, 2.45) is 7.05 Å². The first kappa shape index (κ1) is 13.3. The van der Waals surface area contributed by atoms with Crippen LogP contribution in [0.2, 0.25) is 0 Å². The molecule has 2 aromatic heterocycles. The Bertz CT molecular complexity index is 808. The molecule has 0 spiro atoms. The molecule has 3 rings (SSSR count). The van der Waals surface area contributed by atoms with E-state index in [4.69, 9.17) is 0 Å². The fourth-order valence-corrected chi connectivity index (χ4v) is 2.72. The molecule has 3 aromatic rings. The summed E-state index contributed by atoms with van der Waals surface area (Å²) in [4.78, 5) is 1.02. The third-order valence-corrected chi connectivity index (χ3v) is 3.92. The van der Waals surface area contributed by atoms with E-state index in [1.165, 1.54) is 0 Å². The highest BCUT2D eigenvalue weighted by molar-refractivity contribution is 7.10. The van der Waals surface area contributed by atoms with Crippen LogP contribution in [-0.2, 0) is 7.05 Å². The zero-order valence-electron chi connectivity index (χ0n) is 11.4. The zero-order valence-corrected chi connectivity index (χ0v) is 12.2. The number of thiophene rings is 1. The predicted molar refractivity (Wildman–Crippen MR) is 84.2 cm³/mol. The van der Waals surface area contributed by atoms with Crippen molar-refractivity contribution in [2.45, 2.75) is 0 Å². The van der Waals surface area contributed by atoms with Crippen LogP contribution in [0.5, 0.6) is 0 Å². The van der Waals surface area contributed by atoms with E-state index < -0.39 is 0 Å². The molecule has 0 saturated carbocycles. The van der Waals surface area contributed by atoms with E-state index in [9.17, 15) is 5.26 Å². The molecule has 0 aliphatic carbocycles. The summed E-state index contributed by atoms with van der Waals surface area (Å²) in [6.07, 6.45) is 1.84. The number of allylic oxidation sites excluding steroid dienone is 1. The molecule has 0 aliphatic rings. The van der Waals surface area contributed by atoms with Gasteiger partial charge in [0.15, 0.2) is 11.6 Å². The molecule has 0 bridgehead atoms. The number of hydrogen-bond acceptors (Lipinski definition) is 4. The van der Waals surface area contributed by atoms with Gasteiger partial charge in [-0.15, -0.1) is 21.5 Å². The smallest absolute Gasteiger partial charge is 0.174 e. The van der Waals surface area contributed by atoms with Gasteiger partial charge in [-0.25, -0.2) is 0 Å². The fraction of sp³-hybridized carbons (Fsp3) is 0.0625. The van der Waals surface area contributed by atoms with Crippen molar-refractivity contribution in [2.75, 3.05) is 0 Å². The van der Waals surface area contributed by atoms with Gasteiger partial charge < -0.3 is 4.57 Å². The number of aromatic nitrogens is 3. The van der Waals surface area contributed by atoms with Gasteiger partial charge in [0, 0.05) is 17.5 Å². The number of hydrogen-bond donors (Lipinski definition) is 0. The second kappa shape index (κ2) is 5.73. The van der Waals surface area contributed by atoms with E-state index in [0.717, 1.165) is 16.3 Å². The lowest BCUT2D eigenvalue weighted by atomic mass is 10.2. The average Bonchev–Trinajstić information content (AvgIpc) is 3.15. The Morgan fingerprint density at radius 1 is 1.19 bits per heavy atom. The van der Waals surface area contributed by atoms with Gasteiger partial charge in [0.05, 0.1) is 5.57 Å². The summed E-state index contributed by atoms with van der Waals surface area (Å²) in [7, 11) is 1.87. The number of nitrogens with zero attached hydrogens (tertiary/aromatic N) is 4. The van der Waals surface area contributed by atoms with Crippen LogP contribution in [-0.4, -0.2) is 14.8 Å². The molecule has 5 heteroatoms. The first-order valence-corrected chi connectivity index (χ1v) is 7.28. The maximum Gasteiger partial charge on any atom is 0.174 e. The van der Waals surface area contributed by atoms with Gasteiger partial charge in [-0.05, 0) is 17.5 Å². The number of rotatable bonds is 3. The third-order valence-electron chi connectivity index (χ3n) is 3.10. The summed E-state index contributed by atoms with van der Waals surface area (Å²) in [5, 5.41) is 19.7. The highest BCUT2D eigenvalue weighted by atomic mass is 32.1. The summed E-state index contributed by atoms with van der Waals surface area (Å²) < 4.78 is 1.85. The van der Waals surface area contributed by atoms with Gasteiger partial charge in [-0.2, -0.15) is 5.26 Å². The lowest BCUT2D eigenvalue weighted by molar-refractivity contribution is 0.901. The second-order valence-electron chi connectivity index (χ2n) is 4.46. The van der Waals surface area contributed by atoms with Crippen molar-refractivity contribution in [1.82, 2.24) is 14.8 Å². The normalized spacial score (nSPS) is 11.3. The monoisotopic (exact) mass is 292 g/mol. The first-order chi connectivity index (χ1) is 10.3. The lowest BCUT2D eigenvalue weighted by Crippen LogP contribution is -1.98. The van der Waals surface area contributed by atoms with E-state index in [0.29, 0.717) is 11.4 Å². The van der Waals surface area contributed by atoms with Crippen molar-refractivity contribution >= 4 is 23.0 Å². The Morgan fingerprint density at radius 3 is 2.67 bits per heavy atom. The van der Waals surface area contributed by atoms with Crippen molar-refractivity contribution in [1.29, 1.82) is 5.26 Å². The summed E-state index contributed by atoms with van der Waals surface area (Å²) in [5.74, 6) is 1.32. The predicted octanol–water partition coefficient (Wildman–Crippen LogP) is 3.61. The van der Waals surface area contributed by atoms with Gasteiger partial charge >= 0.3 is 0 Å². The minimum Gasteiger partial charge on any atom is -0.310 e. The highest BCUT2D eigenvalue weighted by Gasteiger charge is 2.14. The van der Waals surface area contributed by atoms with Crippen LogP contribution < -0.4 is 0 Å². The molecule has 0 aliphatic heterocycles. The summed E-state index contributed by atoms with van der Waals surface area (Å²) in [6.45, 7) is 0. The molecule has 21 heavy (non-hydrogen) atoms. The number of benzene rings is 1. The Morgan fingerprint density at radius 2 is 2.00 bits per heavy atom. The van der Waals surface area contributed by atoms with Gasteiger partial charge in [0.25, 0.3) is 0 Å². The van der Waals surface area contributed by atoms with E-state index in [1.54, 1.807) is 11.3 Å². The van der Waals surface area contributed by atoms with Crippen molar-refractivity contribution in [3.05, 3.63) is 58.5 Å². The first-order valence-electron chi connectivity index (χ1n) is 6.40. The standard InChI is InChI=1S/C16H12N4S/c1-20-15(12-6-3-2-4-7-12)18-19-16(20)13(11-17)10-14-8-5-9-21-14/h2-10H,1H3/b13-10-. The number of nitriles is 1. The van der Waals surface area contributed by atoms with Crippen molar-refractivity contribution in [3.63, 3.8) is 0 Å². The summed E-state index contributed by atoms with van der Waals surface area (Å²) >= 11 is 1.59. The van der Waals surface area contributed by atoms with Crippen molar-refractivity contribution in [3.8, 4) is 17.5 Å².